The summed E-state index contributed by atoms with van der Waals surface area (Å²) in [5.41, 5.74) is 0.422. The quantitative estimate of drug-likeness (QED) is 0.556. The molecule has 0 N–H and O–H groups in total. The van der Waals surface area contributed by atoms with E-state index in [2.05, 4.69) is 59.1 Å². The minimum atomic E-state index is 0.422. The summed E-state index contributed by atoms with van der Waals surface area (Å²) in [5, 5.41) is 0. The van der Waals surface area contributed by atoms with Crippen molar-refractivity contribution in [2.75, 3.05) is 18.8 Å². The molecule has 0 amide bonds. The van der Waals surface area contributed by atoms with Gasteiger partial charge in [0, 0.05) is 19.1 Å². The lowest BCUT2D eigenvalue weighted by Crippen LogP contribution is -2.44. The van der Waals surface area contributed by atoms with Gasteiger partial charge in [0.25, 0.3) is 0 Å². The molecule has 0 radical (unpaired) electrons. The highest BCUT2D eigenvalue weighted by molar-refractivity contribution is 7.80. The van der Waals surface area contributed by atoms with Crippen molar-refractivity contribution >= 4 is 12.6 Å². The van der Waals surface area contributed by atoms with Crippen molar-refractivity contribution in [1.29, 1.82) is 0 Å². The summed E-state index contributed by atoms with van der Waals surface area (Å²) in [5.74, 6) is 1.77. The highest BCUT2D eigenvalue weighted by atomic mass is 32.1. The summed E-state index contributed by atoms with van der Waals surface area (Å²) in [6.45, 7) is 16.3. The molecule has 0 saturated carbocycles. The summed E-state index contributed by atoms with van der Waals surface area (Å²) in [6, 6.07) is 0.639. The number of hydrogen-bond acceptors (Lipinski definition) is 2. The predicted molar refractivity (Wildman–Crippen MR) is 87.6 cm³/mol. The maximum Gasteiger partial charge on any atom is 0.00486 e. The molecule has 18 heavy (non-hydrogen) atoms. The van der Waals surface area contributed by atoms with E-state index in [9.17, 15) is 0 Å². The van der Waals surface area contributed by atoms with Gasteiger partial charge >= 0.3 is 0 Å². The minimum Gasteiger partial charge on any atom is -0.300 e. The second-order valence-electron chi connectivity index (χ2n) is 6.58. The highest BCUT2D eigenvalue weighted by Gasteiger charge is 2.30. The average Bonchev–Trinajstić information content (AvgIpc) is 2.28. The molecule has 0 heterocycles. The van der Waals surface area contributed by atoms with Crippen LogP contribution in [0.25, 0.3) is 0 Å². The number of rotatable bonds is 10. The number of thiol groups is 1. The van der Waals surface area contributed by atoms with Crippen LogP contribution < -0.4 is 0 Å². The van der Waals surface area contributed by atoms with Gasteiger partial charge in [0.2, 0.25) is 0 Å². The average molecular weight is 274 g/mol. The third-order valence-corrected chi connectivity index (χ3v) is 4.44. The summed E-state index contributed by atoms with van der Waals surface area (Å²) < 4.78 is 0. The van der Waals surface area contributed by atoms with E-state index in [0.29, 0.717) is 11.5 Å². The minimum absolute atomic E-state index is 0.422. The predicted octanol–water partition coefficient (Wildman–Crippen LogP) is 4.87. The van der Waals surface area contributed by atoms with Gasteiger partial charge in [-0.15, -0.1) is 0 Å². The Balaban J connectivity index is 4.77. The van der Waals surface area contributed by atoms with E-state index in [1.54, 1.807) is 0 Å². The van der Waals surface area contributed by atoms with E-state index in [0.717, 1.165) is 11.7 Å². The van der Waals surface area contributed by atoms with Crippen LogP contribution in [0.3, 0.4) is 0 Å². The van der Waals surface area contributed by atoms with Gasteiger partial charge in [-0.1, -0.05) is 40.5 Å². The lowest BCUT2D eigenvalue weighted by Gasteiger charge is -2.40. The first-order chi connectivity index (χ1) is 8.40. The Bertz CT molecular complexity index is 195. The number of nitrogens with zero attached hydrogens (tertiary/aromatic N) is 1. The van der Waals surface area contributed by atoms with Crippen molar-refractivity contribution in [3.63, 3.8) is 0 Å². The van der Waals surface area contributed by atoms with Crippen molar-refractivity contribution in [3.8, 4) is 0 Å². The Morgan fingerprint density at radius 2 is 1.50 bits per heavy atom. The largest absolute Gasteiger partial charge is 0.300 e. The van der Waals surface area contributed by atoms with Gasteiger partial charge in [0.05, 0.1) is 0 Å². The van der Waals surface area contributed by atoms with E-state index < -0.39 is 0 Å². The van der Waals surface area contributed by atoms with E-state index in [-0.39, 0.29) is 0 Å². The lowest BCUT2D eigenvalue weighted by atomic mass is 9.80. The molecule has 0 atom stereocenters. The molecule has 0 saturated heterocycles. The van der Waals surface area contributed by atoms with E-state index in [4.69, 9.17) is 0 Å². The zero-order valence-electron chi connectivity index (χ0n) is 13.5. The third-order valence-electron chi connectivity index (χ3n) is 3.76. The first-order valence-electron chi connectivity index (χ1n) is 7.75. The Morgan fingerprint density at radius 3 is 1.78 bits per heavy atom. The normalized spacial score (nSPS) is 13.0. The van der Waals surface area contributed by atoms with Gasteiger partial charge < -0.3 is 4.90 Å². The molecule has 2 heteroatoms. The van der Waals surface area contributed by atoms with Crippen LogP contribution in [0.5, 0.6) is 0 Å². The van der Waals surface area contributed by atoms with Crippen LogP contribution in [-0.2, 0) is 0 Å². The fourth-order valence-electron chi connectivity index (χ4n) is 2.91. The lowest BCUT2D eigenvalue weighted by molar-refractivity contribution is 0.108. The van der Waals surface area contributed by atoms with Gasteiger partial charge in [-0.3, -0.25) is 0 Å². The molecule has 0 bridgehead atoms. The molecule has 0 rings (SSSR count). The Hall–Kier alpha value is 0.310. The third kappa shape index (κ3) is 6.47. The van der Waals surface area contributed by atoms with Gasteiger partial charge in [0.1, 0.15) is 0 Å². The molecular formula is C16H35NS. The van der Waals surface area contributed by atoms with Crippen LogP contribution in [-0.4, -0.2) is 29.8 Å². The zero-order chi connectivity index (χ0) is 14.2. The molecular weight excluding hydrogens is 238 g/mol. The van der Waals surface area contributed by atoms with Crippen molar-refractivity contribution in [1.82, 2.24) is 4.90 Å². The molecule has 0 aliphatic rings. The summed E-state index contributed by atoms with van der Waals surface area (Å²) in [7, 11) is 0. The summed E-state index contributed by atoms with van der Waals surface area (Å²) in [6.07, 6.45) is 5.17. The maximum atomic E-state index is 4.68. The van der Waals surface area contributed by atoms with Crippen molar-refractivity contribution < 1.29 is 0 Å². The summed E-state index contributed by atoms with van der Waals surface area (Å²) in [4.78, 5) is 2.66. The molecule has 0 aliphatic carbocycles. The van der Waals surface area contributed by atoms with Crippen LogP contribution in [0.4, 0.5) is 0 Å². The first-order valence-corrected chi connectivity index (χ1v) is 8.39. The second kappa shape index (κ2) is 9.25. The van der Waals surface area contributed by atoms with E-state index >= 15 is 0 Å². The van der Waals surface area contributed by atoms with Crippen LogP contribution in [0.1, 0.15) is 67.2 Å². The molecule has 0 aromatic carbocycles. The fourth-order valence-corrected chi connectivity index (χ4v) is 3.33. The molecule has 0 aromatic heterocycles. The topological polar surface area (TPSA) is 3.24 Å². The highest BCUT2D eigenvalue weighted by Crippen LogP contribution is 2.33. The zero-order valence-corrected chi connectivity index (χ0v) is 14.4. The molecule has 0 spiro atoms. The van der Waals surface area contributed by atoms with Gasteiger partial charge in [0.15, 0.2) is 0 Å². The Labute approximate surface area is 121 Å². The molecule has 0 aliphatic heterocycles. The van der Waals surface area contributed by atoms with E-state index in [1.165, 1.54) is 38.8 Å². The molecule has 110 valence electrons. The van der Waals surface area contributed by atoms with E-state index in [1.807, 2.05) is 0 Å². The van der Waals surface area contributed by atoms with Gasteiger partial charge in [-0.05, 0) is 43.8 Å². The standard InChI is InChI=1S/C16H35NS/c1-7-9-16(13-18,10-8-2)12-17(15(5)6)11-14(3)4/h14-15,18H,7-13H2,1-6H3. The number of hydrogen-bond donors (Lipinski definition) is 1. The Morgan fingerprint density at radius 1 is 1.00 bits per heavy atom. The first kappa shape index (κ1) is 18.3. The van der Waals surface area contributed by atoms with Crippen molar-refractivity contribution in [2.45, 2.75) is 73.3 Å². The Kier molecular flexibility index (Phi) is 9.41. The summed E-state index contributed by atoms with van der Waals surface area (Å²) >= 11 is 4.68. The van der Waals surface area contributed by atoms with Gasteiger partial charge in [-0.25, -0.2) is 0 Å². The van der Waals surface area contributed by atoms with Crippen molar-refractivity contribution in [2.24, 2.45) is 11.3 Å². The smallest absolute Gasteiger partial charge is 0.00486 e. The molecule has 0 fully saturated rings. The fraction of sp³-hybridized carbons (Fsp3) is 1.00. The van der Waals surface area contributed by atoms with Crippen LogP contribution in [0.15, 0.2) is 0 Å². The van der Waals surface area contributed by atoms with Crippen LogP contribution >= 0.6 is 12.6 Å². The van der Waals surface area contributed by atoms with Gasteiger partial charge in [-0.2, -0.15) is 12.6 Å². The van der Waals surface area contributed by atoms with Crippen molar-refractivity contribution in [3.05, 3.63) is 0 Å². The second-order valence-corrected chi connectivity index (χ2v) is 6.89. The molecule has 0 aromatic rings. The maximum absolute atomic E-state index is 4.68. The SMILES string of the molecule is CCCC(CS)(CCC)CN(CC(C)C)C(C)C. The van der Waals surface area contributed by atoms with Crippen LogP contribution in [0, 0.1) is 11.3 Å². The van der Waals surface area contributed by atoms with Crippen LogP contribution in [0.2, 0.25) is 0 Å². The molecule has 0 unspecified atom stereocenters. The molecule has 1 nitrogen and oxygen atoms in total. The monoisotopic (exact) mass is 273 g/mol.